The lowest BCUT2D eigenvalue weighted by Crippen LogP contribution is -2.19. The van der Waals surface area contributed by atoms with Gasteiger partial charge in [-0.25, -0.2) is 4.98 Å². The minimum atomic E-state index is 0.157. The van der Waals surface area contributed by atoms with Crippen LogP contribution >= 0.6 is 0 Å². The van der Waals surface area contributed by atoms with Crippen LogP contribution in [0.2, 0.25) is 0 Å². The smallest absolute Gasteiger partial charge is 0.126 e. The van der Waals surface area contributed by atoms with Gasteiger partial charge in [-0.1, -0.05) is 6.07 Å². The zero-order valence-electron chi connectivity index (χ0n) is 15.4. The van der Waals surface area contributed by atoms with Crippen LogP contribution in [0.25, 0.3) is 0 Å². The average molecular weight is 351 g/mol. The minimum absolute atomic E-state index is 0.157. The summed E-state index contributed by atoms with van der Waals surface area (Å²) in [4.78, 5) is 9.19. The molecule has 136 valence electrons. The molecule has 2 aromatic rings. The largest absolute Gasteiger partial charge is 0.491 e. The molecule has 4 rings (SSSR count). The second-order valence-corrected chi connectivity index (χ2v) is 7.10. The van der Waals surface area contributed by atoms with Crippen LogP contribution in [0.5, 0.6) is 5.75 Å². The maximum absolute atomic E-state index is 5.85. The summed E-state index contributed by atoms with van der Waals surface area (Å²) in [5, 5.41) is 3.40. The Labute approximate surface area is 154 Å². The predicted octanol–water partition coefficient (Wildman–Crippen LogP) is 3.81. The number of nitrogens with zero attached hydrogens (tertiary/aromatic N) is 2. The number of aliphatic imine (C=N–C) groups is 1. The highest BCUT2D eigenvalue weighted by Gasteiger charge is 2.20. The first-order valence-corrected chi connectivity index (χ1v) is 9.35. The molecule has 0 amide bonds. The lowest BCUT2D eigenvalue weighted by Gasteiger charge is -2.13. The summed E-state index contributed by atoms with van der Waals surface area (Å²) in [6, 6.07) is 10.3. The molecule has 26 heavy (non-hydrogen) atoms. The molecule has 5 heteroatoms. The number of pyridine rings is 1. The summed E-state index contributed by atoms with van der Waals surface area (Å²) in [7, 11) is 0. The van der Waals surface area contributed by atoms with E-state index in [4.69, 9.17) is 14.5 Å². The van der Waals surface area contributed by atoms with E-state index < -0.39 is 0 Å². The number of fused-ring (bicyclic) bond motifs is 1. The molecule has 1 unspecified atom stereocenters. The predicted molar refractivity (Wildman–Crippen MR) is 103 cm³/mol. The molecule has 5 nitrogen and oxygen atoms in total. The highest BCUT2D eigenvalue weighted by atomic mass is 16.5. The van der Waals surface area contributed by atoms with Gasteiger partial charge < -0.3 is 14.8 Å². The van der Waals surface area contributed by atoms with Crippen molar-refractivity contribution in [3.05, 3.63) is 53.2 Å². The van der Waals surface area contributed by atoms with Gasteiger partial charge in [-0.15, -0.1) is 0 Å². The zero-order valence-corrected chi connectivity index (χ0v) is 15.4. The number of ether oxygens (including phenoxy) is 2. The van der Waals surface area contributed by atoms with Crippen molar-refractivity contribution in [1.29, 1.82) is 0 Å². The third-order valence-electron chi connectivity index (χ3n) is 4.68. The fourth-order valence-electron chi connectivity index (χ4n) is 3.45. The molecule has 1 N–H and O–H groups in total. The van der Waals surface area contributed by atoms with Gasteiger partial charge in [-0.05, 0) is 56.5 Å². The van der Waals surface area contributed by atoms with E-state index in [1.165, 1.54) is 5.56 Å². The van der Waals surface area contributed by atoms with E-state index in [2.05, 4.69) is 28.5 Å². The number of anilines is 1. The van der Waals surface area contributed by atoms with E-state index in [1.807, 2.05) is 32.2 Å². The summed E-state index contributed by atoms with van der Waals surface area (Å²) < 4.78 is 11.5. The van der Waals surface area contributed by atoms with E-state index in [0.717, 1.165) is 54.4 Å². The van der Waals surface area contributed by atoms with E-state index in [1.54, 1.807) is 0 Å². The molecule has 1 saturated heterocycles. The number of aromatic nitrogens is 1. The molecule has 0 bridgehead atoms. The van der Waals surface area contributed by atoms with Crippen molar-refractivity contribution in [3.8, 4) is 5.75 Å². The first-order chi connectivity index (χ1) is 12.7. The molecule has 0 saturated carbocycles. The Morgan fingerprint density at radius 2 is 2.19 bits per heavy atom. The van der Waals surface area contributed by atoms with E-state index in [9.17, 15) is 0 Å². The molecule has 0 radical (unpaired) electrons. The van der Waals surface area contributed by atoms with Crippen LogP contribution in [0.3, 0.4) is 0 Å². The highest BCUT2D eigenvalue weighted by Crippen LogP contribution is 2.28. The van der Waals surface area contributed by atoms with Gasteiger partial charge >= 0.3 is 0 Å². The summed E-state index contributed by atoms with van der Waals surface area (Å²) >= 11 is 0. The van der Waals surface area contributed by atoms with Crippen LogP contribution in [-0.4, -0.2) is 36.1 Å². The molecular weight excluding hydrogens is 326 g/mol. The monoisotopic (exact) mass is 351 g/mol. The number of rotatable bonds is 6. The number of hydrogen-bond acceptors (Lipinski definition) is 5. The lowest BCUT2D eigenvalue weighted by atomic mass is 10.0. The van der Waals surface area contributed by atoms with E-state index in [-0.39, 0.29) is 6.10 Å². The molecule has 0 aliphatic carbocycles. The van der Waals surface area contributed by atoms with Crippen LogP contribution in [0, 0.1) is 0 Å². The molecule has 2 aliphatic rings. The Morgan fingerprint density at radius 3 is 3.00 bits per heavy atom. The van der Waals surface area contributed by atoms with Gasteiger partial charge in [0.1, 0.15) is 11.6 Å². The molecule has 0 spiro atoms. The number of benzene rings is 1. The maximum Gasteiger partial charge on any atom is 0.126 e. The first-order valence-electron chi connectivity index (χ1n) is 9.35. The summed E-state index contributed by atoms with van der Waals surface area (Å²) in [5.41, 5.74) is 4.48. The van der Waals surface area contributed by atoms with Crippen molar-refractivity contribution in [3.63, 3.8) is 0 Å². The van der Waals surface area contributed by atoms with Gasteiger partial charge in [0.25, 0.3) is 0 Å². The van der Waals surface area contributed by atoms with Gasteiger partial charge in [0, 0.05) is 30.5 Å². The fourth-order valence-corrected chi connectivity index (χ4v) is 3.45. The molecule has 1 aromatic carbocycles. The lowest BCUT2D eigenvalue weighted by molar-refractivity contribution is 0.120. The molecule has 2 aliphatic heterocycles. The summed E-state index contributed by atoms with van der Waals surface area (Å²) in [5.74, 6) is 1.75. The molecule has 1 fully saturated rings. The van der Waals surface area contributed by atoms with Crippen molar-refractivity contribution in [2.45, 2.75) is 45.4 Å². The average Bonchev–Trinajstić information content (AvgIpc) is 3.29. The van der Waals surface area contributed by atoms with Crippen molar-refractivity contribution in [2.75, 3.05) is 18.5 Å². The van der Waals surface area contributed by atoms with Gasteiger partial charge in [-0.3, -0.25) is 4.99 Å². The standard InChI is InChI=1S/C21H25N3O2/c1-14(2)26-17-6-5-16-12-24-21(19(16)11-17)15-7-8-22-20(10-15)23-13-18-4-3-9-25-18/h5-8,10-11,14,18H,3-4,9,12-13H2,1-2H3,(H,22,23). The highest BCUT2D eigenvalue weighted by molar-refractivity contribution is 6.15. The second kappa shape index (κ2) is 7.46. The van der Waals surface area contributed by atoms with E-state index in [0.29, 0.717) is 12.6 Å². The summed E-state index contributed by atoms with van der Waals surface area (Å²) in [6.07, 6.45) is 4.55. The molecule has 3 heterocycles. The number of hydrogen-bond donors (Lipinski definition) is 1. The maximum atomic E-state index is 5.85. The Kier molecular flexibility index (Phi) is 4.89. The Hall–Kier alpha value is -2.40. The van der Waals surface area contributed by atoms with Gasteiger partial charge in [-0.2, -0.15) is 0 Å². The fraction of sp³-hybridized carbons (Fsp3) is 0.429. The van der Waals surface area contributed by atoms with Crippen LogP contribution in [0.1, 0.15) is 43.4 Å². The van der Waals surface area contributed by atoms with Crippen LogP contribution in [0.4, 0.5) is 5.82 Å². The Bertz CT molecular complexity index is 811. The Balaban J connectivity index is 1.53. The molecular formula is C21H25N3O2. The van der Waals surface area contributed by atoms with Crippen molar-refractivity contribution in [2.24, 2.45) is 4.99 Å². The van der Waals surface area contributed by atoms with E-state index >= 15 is 0 Å². The third kappa shape index (κ3) is 3.73. The van der Waals surface area contributed by atoms with Crippen LogP contribution < -0.4 is 10.1 Å². The Morgan fingerprint density at radius 1 is 1.27 bits per heavy atom. The van der Waals surface area contributed by atoms with Gasteiger partial charge in [0.15, 0.2) is 0 Å². The second-order valence-electron chi connectivity index (χ2n) is 7.10. The van der Waals surface area contributed by atoms with Gasteiger partial charge in [0.2, 0.25) is 0 Å². The quantitative estimate of drug-likeness (QED) is 0.860. The topological polar surface area (TPSA) is 55.7 Å². The minimum Gasteiger partial charge on any atom is -0.491 e. The third-order valence-corrected chi connectivity index (χ3v) is 4.68. The first kappa shape index (κ1) is 17.0. The van der Waals surface area contributed by atoms with Crippen LogP contribution in [-0.2, 0) is 11.3 Å². The normalized spacial score (nSPS) is 18.7. The van der Waals surface area contributed by atoms with Crippen molar-refractivity contribution >= 4 is 11.5 Å². The number of nitrogens with one attached hydrogen (secondary N) is 1. The van der Waals surface area contributed by atoms with Crippen molar-refractivity contribution in [1.82, 2.24) is 4.98 Å². The van der Waals surface area contributed by atoms with Crippen LogP contribution in [0.15, 0.2) is 41.5 Å². The zero-order chi connectivity index (χ0) is 17.9. The molecule has 1 aromatic heterocycles. The van der Waals surface area contributed by atoms with Gasteiger partial charge in [0.05, 0.1) is 24.5 Å². The molecule has 1 atom stereocenters. The summed E-state index contributed by atoms with van der Waals surface area (Å²) in [6.45, 7) is 6.46. The van der Waals surface area contributed by atoms with Crippen molar-refractivity contribution < 1.29 is 9.47 Å². The SMILES string of the molecule is CC(C)Oc1ccc2c(c1)C(c1ccnc(NCC3CCCO3)c1)=NC2.